The molecule has 0 radical (unpaired) electrons. The molecule has 0 aromatic heterocycles. The van der Waals surface area contributed by atoms with E-state index in [2.05, 4.69) is 5.32 Å². The second-order valence-corrected chi connectivity index (χ2v) is 12.6. The van der Waals surface area contributed by atoms with Crippen molar-refractivity contribution in [3.63, 3.8) is 0 Å². The van der Waals surface area contributed by atoms with E-state index in [9.17, 15) is 36.4 Å². The number of hydrogen-bond acceptors (Lipinski definition) is 6. The molecule has 196 valence electrons. The standard InChI is InChI=1S/C23H25ClF3N3O5S/c1-13(23(25,26)27)35-14-3-4-18(16(24)9-14)36(33,34)15-10-17(19(31)29-22(12-28)7-8-22)30(11-15)20(32)21(2)5-6-21/h3-4,9,13,15,17H,5-8,10-11H2,1-2H3,(H,29,31). The zero-order valence-electron chi connectivity index (χ0n) is 19.6. The fourth-order valence-electron chi connectivity index (χ4n) is 4.19. The first kappa shape index (κ1) is 26.5. The lowest BCUT2D eigenvalue weighted by Gasteiger charge is -2.27. The van der Waals surface area contributed by atoms with Crippen molar-refractivity contribution in [3.05, 3.63) is 23.2 Å². The molecular weight excluding hydrogens is 523 g/mol. The van der Waals surface area contributed by atoms with Crippen molar-refractivity contribution in [3.8, 4) is 11.8 Å². The van der Waals surface area contributed by atoms with Gasteiger partial charge in [0.1, 0.15) is 17.3 Å². The number of hydrogen-bond donors (Lipinski definition) is 1. The summed E-state index contributed by atoms with van der Waals surface area (Å²) in [6.07, 6.45) is -4.73. The molecule has 1 aromatic rings. The van der Waals surface area contributed by atoms with E-state index in [4.69, 9.17) is 16.3 Å². The number of carbonyl (C=O) groups excluding carboxylic acids is 2. The molecular formula is C23H25ClF3N3O5S. The van der Waals surface area contributed by atoms with Crippen LogP contribution in [0.2, 0.25) is 5.02 Å². The smallest absolute Gasteiger partial charge is 0.425 e. The Morgan fingerprint density at radius 1 is 1.28 bits per heavy atom. The first-order valence-electron chi connectivity index (χ1n) is 11.4. The van der Waals surface area contributed by atoms with Gasteiger partial charge in [-0.2, -0.15) is 18.4 Å². The Balaban J connectivity index is 1.58. The quantitative estimate of drug-likeness (QED) is 0.559. The van der Waals surface area contributed by atoms with Gasteiger partial charge in [0.15, 0.2) is 15.9 Å². The average Bonchev–Trinajstić information content (AvgIpc) is 3.69. The number of likely N-dealkylation sites (tertiary alicyclic amines) is 1. The number of carbonyl (C=O) groups is 2. The molecule has 2 aliphatic carbocycles. The van der Waals surface area contributed by atoms with Gasteiger partial charge in [0.2, 0.25) is 11.8 Å². The van der Waals surface area contributed by atoms with Gasteiger partial charge in [-0.15, -0.1) is 0 Å². The summed E-state index contributed by atoms with van der Waals surface area (Å²) in [7, 11) is -4.18. The third kappa shape index (κ3) is 5.00. The number of sulfone groups is 1. The molecule has 3 atom stereocenters. The van der Waals surface area contributed by atoms with Crippen LogP contribution in [0.3, 0.4) is 0 Å². The summed E-state index contributed by atoms with van der Waals surface area (Å²) in [5.74, 6) is -1.16. The molecule has 1 aromatic carbocycles. The molecule has 1 N–H and O–H groups in total. The van der Waals surface area contributed by atoms with E-state index < -0.39 is 50.3 Å². The SMILES string of the molecule is CC(Oc1ccc(S(=O)(=O)C2CC(C(=O)NC3(C#N)CC3)N(C(=O)C3(C)CC3)C2)c(Cl)c1)C(F)(F)F. The van der Waals surface area contributed by atoms with Crippen molar-refractivity contribution in [2.75, 3.05) is 6.54 Å². The van der Waals surface area contributed by atoms with Crippen LogP contribution in [0.5, 0.6) is 5.75 Å². The van der Waals surface area contributed by atoms with Gasteiger partial charge in [0, 0.05) is 18.0 Å². The molecule has 8 nitrogen and oxygen atoms in total. The number of nitrogens with one attached hydrogen (secondary N) is 1. The normalized spacial score (nSPS) is 25.0. The van der Waals surface area contributed by atoms with Gasteiger partial charge in [-0.05, 0) is 51.2 Å². The number of rotatable bonds is 7. The molecule has 1 saturated heterocycles. The van der Waals surface area contributed by atoms with E-state index >= 15 is 0 Å². The molecule has 1 heterocycles. The number of nitrogens with zero attached hydrogens (tertiary/aromatic N) is 2. The van der Waals surface area contributed by atoms with E-state index in [1.807, 2.05) is 6.07 Å². The summed E-state index contributed by atoms with van der Waals surface area (Å²) in [5, 5.41) is 10.5. The summed E-state index contributed by atoms with van der Waals surface area (Å²) >= 11 is 6.15. The third-order valence-electron chi connectivity index (χ3n) is 7.09. The Bertz CT molecular complexity index is 1240. The second-order valence-electron chi connectivity index (χ2n) is 10.0. The lowest BCUT2D eigenvalue weighted by Crippen LogP contribution is -2.50. The van der Waals surface area contributed by atoms with E-state index in [1.54, 1.807) is 6.92 Å². The molecule has 2 saturated carbocycles. The lowest BCUT2D eigenvalue weighted by molar-refractivity contribution is -0.189. The Kier molecular flexibility index (Phi) is 6.49. The van der Waals surface area contributed by atoms with Crippen LogP contribution >= 0.6 is 11.6 Å². The summed E-state index contributed by atoms with van der Waals surface area (Å²) in [6, 6.07) is 4.11. The zero-order chi connectivity index (χ0) is 26.7. The summed E-state index contributed by atoms with van der Waals surface area (Å²) in [6.45, 7) is 2.32. The minimum atomic E-state index is -4.62. The molecule has 1 aliphatic heterocycles. The molecule has 3 unspecified atom stereocenters. The number of ether oxygens (including phenoxy) is 1. The number of amides is 2. The summed E-state index contributed by atoms with van der Waals surface area (Å²) < 4.78 is 70.2. The molecule has 0 bridgehead atoms. The van der Waals surface area contributed by atoms with Gasteiger partial charge in [-0.1, -0.05) is 18.5 Å². The van der Waals surface area contributed by atoms with Crippen LogP contribution in [0.1, 0.15) is 46.0 Å². The van der Waals surface area contributed by atoms with Crippen molar-refractivity contribution >= 4 is 33.3 Å². The number of halogens is 4. The van der Waals surface area contributed by atoms with Crippen LogP contribution in [-0.2, 0) is 19.4 Å². The highest BCUT2D eigenvalue weighted by Crippen LogP contribution is 2.48. The topological polar surface area (TPSA) is 117 Å². The fraction of sp³-hybridized carbons (Fsp3) is 0.609. The molecule has 13 heteroatoms. The van der Waals surface area contributed by atoms with Crippen LogP contribution in [-0.4, -0.2) is 60.8 Å². The Labute approximate surface area is 211 Å². The summed E-state index contributed by atoms with van der Waals surface area (Å²) in [5.41, 5.74) is -1.64. The first-order valence-corrected chi connectivity index (χ1v) is 13.4. The summed E-state index contributed by atoms with van der Waals surface area (Å²) in [4.78, 5) is 27.1. The molecule has 36 heavy (non-hydrogen) atoms. The van der Waals surface area contributed by atoms with Crippen LogP contribution in [0.25, 0.3) is 0 Å². The van der Waals surface area contributed by atoms with Crippen molar-refractivity contribution in [1.29, 1.82) is 5.26 Å². The Hall–Kier alpha value is -2.52. The fourth-order valence-corrected chi connectivity index (χ4v) is 6.42. The maximum absolute atomic E-state index is 13.5. The number of nitriles is 1. The van der Waals surface area contributed by atoms with Gasteiger partial charge < -0.3 is 15.0 Å². The highest BCUT2D eigenvalue weighted by atomic mass is 35.5. The van der Waals surface area contributed by atoms with Crippen LogP contribution in [0, 0.1) is 16.7 Å². The van der Waals surface area contributed by atoms with E-state index in [-0.39, 0.29) is 34.5 Å². The lowest BCUT2D eigenvalue weighted by atomic mass is 10.1. The minimum Gasteiger partial charge on any atom is -0.481 e. The monoisotopic (exact) mass is 547 g/mol. The van der Waals surface area contributed by atoms with Crippen LogP contribution in [0.4, 0.5) is 13.2 Å². The molecule has 3 aliphatic rings. The number of alkyl halides is 3. The van der Waals surface area contributed by atoms with E-state index in [1.165, 1.54) is 4.90 Å². The second kappa shape index (κ2) is 8.80. The van der Waals surface area contributed by atoms with Gasteiger partial charge >= 0.3 is 6.18 Å². The number of benzene rings is 1. The zero-order valence-corrected chi connectivity index (χ0v) is 21.1. The first-order chi connectivity index (χ1) is 16.6. The predicted molar refractivity (Wildman–Crippen MR) is 122 cm³/mol. The molecule has 4 rings (SSSR count). The van der Waals surface area contributed by atoms with Crippen LogP contribution < -0.4 is 10.1 Å². The maximum Gasteiger partial charge on any atom is 0.425 e. The predicted octanol–water partition coefficient (Wildman–Crippen LogP) is 3.39. The van der Waals surface area contributed by atoms with Gasteiger partial charge in [-0.25, -0.2) is 8.42 Å². The maximum atomic E-state index is 13.5. The average molecular weight is 548 g/mol. The molecule has 2 amide bonds. The van der Waals surface area contributed by atoms with Gasteiger partial charge in [0.25, 0.3) is 0 Å². The van der Waals surface area contributed by atoms with Crippen molar-refractivity contribution in [2.45, 2.75) is 80.0 Å². The van der Waals surface area contributed by atoms with Gasteiger partial charge in [0.05, 0.1) is 21.2 Å². The van der Waals surface area contributed by atoms with Crippen molar-refractivity contribution in [2.24, 2.45) is 5.41 Å². The third-order valence-corrected chi connectivity index (χ3v) is 9.70. The highest BCUT2D eigenvalue weighted by Gasteiger charge is 2.55. The highest BCUT2D eigenvalue weighted by molar-refractivity contribution is 7.92. The minimum absolute atomic E-state index is 0.197. The van der Waals surface area contributed by atoms with Crippen LogP contribution in [0.15, 0.2) is 23.1 Å². The van der Waals surface area contributed by atoms with E-state index in [0.29, 0.717) is 25.7 Å². The molecule has 3 fully saturated rings. The Morgan fingerprint density at radius 2 is 1.92 bits per heavy atom. The largest absolute Gasteiger partial charge is 0.481 e. The van der Waals surface area contributed by atoms with E-state index in [0.717, 1.165) is 25.1 Å². The Morgan fingerprint density at radius 3 is 2.42 bits per heavy atom. The molecule has 0 spiro atoms. The van der Waals surface area contributed by atoms with Crippen molar-refractivity contribution in [1.82, 2.24) is 10.2 Å². The van der Waals surface area contributed by atoms with Crippen molar-refractivity contribution < 1.29 is 35.9 Å². The van der Waals surface area contributed by atoms with Gasteiger partial charge in [-0.3, -0.25) is 9.59 Å².